The number of carbonyl (C=O) groups is 3. The summed E-state index contributed by atoms with van der Waals surface area (Å²) >= 11 is 1.10. The van der Waals surface area contributed by atoms with Gasteiger partial charge in [0.25, 0.3) is 0 Å². The first kappa shape index (κ1) is 12.6. The standard InChI is InChI=1S/C9H11NO5S/c1-2-15-9(14)3-7-10(4-8(12)13)6(11)5-16-7/h3H,2,4-5H2,1H3,(H,12,13)/p-1/b7-3-. The Labute approximate surface area is 96.2 Å². The van der Waals surface area contributed by atoms with Crippen LogP contribution in [0.2, 0.25) is 0 Å². The first-order chi connectivity index (χ1) is 7.54. The number of hydrogen-bond acceptors (Lipinski definition) is 6. The average Bonchev–Trinajstić information content (AvgIpc) is 2.49. The Morgan fingerprint density at radius 2 is 2.31 bits per heavy atom. The molecule has 0 spiro atoms. The number of aliphatic carboxylic acids is 1. The molecule has 0 saturated carbocycles. The minimum absolute atomic E-state index is 0.124. The van der Waals surface area contributed by atoms with Crippen molar-refractivity contribution in [2.45, 2.75) is 6.92 Å². The van der Waals surface area contributed by atoms with Gasteiger partial charge in [-0.15, -0.1) is 0 Å². The van der Waals surface area contributed by atoms with Gasteiger partial charge in [-0.05, 0) is 6.92 Å². The highest BCUT2D eigenvalue weighted by atomic mass is 32.2. The molecule has 1 fully saturated rings. The molecule has 1 saturated heterocycles. The maximum absolute atomic E-state index is 11.3. The molecule has 0 aliphatic carbocycles. The van der Waals surface area contributed by atoms with Gasteiger partial charge in [0.1, 0.15) is 0 Å². The molecule has 0 aromatic heterocycles. The van der Waals surface area contributed by atoms with Crippen molar-refractivity contribution in [3.63, 3.8) is 0 Å². The Hall–Kier alpha value is -1.50. The van der Waals surface area contributed by atoms with Gasteiger partial charge in [-0.2, -0.15) is 0 Å². The molecule has 88 valence electrons. The maximum atomic E-state index is 11.3. The van der Waals surface area contributed by atoms with Crippen LogP contribution in [0.4, 0.5) is 0 Å². The molecular formula is C9H10NO5S-. The van der Waals surface area contributed by atoms with E-state index in [0.29, 0.717) is 0 Å². The van der Waals surface area contributed by atoms with Crippen LogP contribution in [0.15, 0.2) is 11.1 Å². The van der Waals surface area contributed by atoms with Crippen molar-refractivity contribution in [2.24, 2.45) is 0 Å². The molecule has 1 amide bonds. The van der Waals surface area contributed by atoms with Crippen molar-refractivity contribution >= 4 is 29.6 Å². The van der Waals surface area contributed by atoms with E-state index in [-0.39, 0.29) is 23.3 Å². The summed E-state index contributed by atoms with van der Waals surface area (Å²) in [6.07, 6.45) is 1.11. The van der Waals surface area contributed by atoms with E-state index in [9.17, 15) is 19.5 Å². The van der Waals surface area contributed by atoms with E-state index in [2.05, 4.69) is 4.74 Å². The normalized spacial score (nSPS) is 17.9. The molecule has 16 heavy (non-hydrogen) atoms. The highest BCUT2D eigenvalue weighted by Crippen LogP contribution is 2.28. The number of amides is 1. The molecule has 6 nitrogen and oxygen atoms in total. The van der Waals surface area contributed by atoms with Crippen molar-refractivity contribution < 1.29 is 24.2 Å². The summed E-state index contributed by atoms with van der Waals surface area (Å²) < 4.78 is 4.66. The number of carbonyl (C=O) groups excluding carboxylic acids is 3. The number of carboxylic acids is 1. The Bertz CT molecular complexity index is 352. The Morgan fingerprint density at radius 3 is 2.88 bits per heavy atom. The quantitative estimate of drug-likeness (QED) is 0.452. The van der Waals surface area contributed by atoms with Crippen molar-refractivity contribution in [3.8, 4) is 0 Å². The van der Waals surface area contributed by atoms with Crippen LogP contribution in [0.1, 0.15) is 6.92 Å². The fourth-order valence-corrected chi connectivity index (χ4v) is 2.04. The third-order valence-corrected chi connectivity index (χ3v) is 2.75. The van der Waals surface area contributed by atoms with Crippen molar-refractivity contribution in [1.82, 2.24) is 4.90 Å². The second-order valence-corrected chi connectivity index (χ2v) is 3.87. The lowest BCUT2D eigenvalue weighted by atomic mass is 10.4. The molecule has 1 rings (SSSR count). The summed E-state index contributed by atoms with van der Waals surface area (Å²) in [7, 11) is 0. The molecule has 0 unspecified atom stereocenters. The second-order valence-electron chi connectivity index (χ2n) is 2.88. The number of nitrogens with zero attached hydrogens (tertiary/aromatic N) is 1. The summed E-state index contributed by atoms with van der Waals surface area (Å²) in [4.78, 5) is 33.8. The van der Waals surface area contributed by atoms with Gasteiger partial charge >= 0.3 is 5.97 Å². The molecular weight excluding hydrogens is 234 g/mol. The molecule has 0 aromatic rings. The molecule has 0 aromatic carbocycles. The summed E-state index contributed by atoms with van der Waals surface area (Å²) in [5.41, 5.74) is 0. The lowest BCUT2D eigenvalue weighted by Gasteiger charge is -2.16. The fourth-order valence-electron chi connectivity index (χ4n) is 1.11. The molecule has 1 aliphatic heterocycles. The first-order valence-electron chi connectivity index (χ1n) is 4.56. The first-order valence-corrected chi connectivity index (χ1v) is 5.54. The Morgan fingerprint density at radius 1 is 1.62 bits per heavy atom. The lowest BCUT2D eigenvalue weighted by Crippen LogP contribution is -2.38. The van der Waals surface area contributed by atoms with Gasteiger partial charge in [-0.3, -0.25) is 4.79 Å². The summed E-state index contributed by atoms with van der Waals surface area (Å²) in [5.74, 6) is -2.20. The molecule has 0 atom stereocenters. The average molecular weight is 244 g/mol. The predicted molar refractivity (Wildman–Crippen MR) is 53.9 cm³/mol. The van der Waals surface area contributed by atoms with Crippen LogP contribution in [-0.4, -0.2) is 41.7 Å². The van der Waals surface area contributed by atoms with E-state index < -0.39 is 18.5 Å². The van der Waals surface area contributed by atoms with Crippen LogP contribution in [0, 0.1) is 0 Å². The van der Waals surface area contributed by atoms with Gasteiger partial charge in [0, 0.05) is 0 Å². The van der Waals surface area contributed by atoms with Gasteiger partial charge < -0.3 is 19.5 Å². The third-order valence-electron chi connectivity index (χ3n) is 1.73. The van der Waals surface area contributed by atoms with E-state index in [1.807, 2.05) is 0 Å². The molecule has 1 aliphatic rings. The van der Waals surface area contributed by atoms with E-state index in [4.69, 9.17) is 0 Å². The number of ether oxygens (including phenoxy) is 1. The number of esters is 1. The van der Waals surface area contributed by atoms with Crippen molar-refractivity contribution in [2.75, 3.05) is 18.9 Å². The van der Waals surface area contributed by atoms with Crippen molar-refractivity contribution in [3.05, 3.63) is 11.1 Å². The van der Waals surface area contributed by atoms with Crippen LogP contribution in [0.3, 0.4) is 0 Å². The van der Waals surface area contributed by atoms with E-state index in [1.165, 1.54) is 0 Å². The highest BCUT2D eigenvalue weighted by molar-refractivity contribution is 8.04. The summed E-state index contributed by atoms with van der Waals surface area (Å²) in [5, 5.41) is 10.7. The van der Waals surface area contributed by atoms with Crippen LogP contribution in [0.25, 0.3) is 0 Å². The third kappa shape index (κ3) is 3.27. The zero-order valence-electron chi connectivity index (χ0n) is 8.60. The van der Waals surface area contributed by atoms with Crippen LogP contribution in [0.5, 0.6) is 0 Å². The number of rotatable bonds is 4. The fraction of sp³-hybridized carbons (Fsp3) is 0.444. The minimum atomic E-state index is -1.37. The lowest BCUT2D eigenvalue weighted by molar-refractivity contribution is -0.305. The molecule has 0 N–H and O–H groups in total. The summed E-state index contributed by atoms with van der Waals surface area (Å²) in [6.45, 7) is 1.33. The molecule has 0 bridgehead atoms. The van der Waals surface area contributed by atoms with Gasteiger partial charge in [-0.25, -0.2) is 4.79 Å². The molecule has 7 heteroatoms. The Kier molecular flexibility index (Phi) is 4.36. The second kappa shape index (κ2) is 5.55. The van der Waals surface area contributed by atoms with E-state index in [1.54, 1.807) is 6.92 Å². The smallest absolute Gasteiger partial charge is 0.333 e. The molecule has 0 radical (unpaired) electrons. The molecule has 1 heterocycles. The predicted octanol–water partition coefficient (Wildman–Crippen LogP) is -1.28. The van der Waals surface area contributed by atoms with Gasteiger partial charge in [-0.1, -0.05) is 11.8 Å². The van der Waals surface area contributed by atoms with Gasteiger partial charge in [0.2, 0.25) is 5.91 Å². The maximum Gasteiger partial charge on any atom is 0.333 e. The zero-order chi connectivity index (χ0) is 12.1. The van der Waals surface area contributed by atoms with Crippen LogP contribution in [-0.2, 0) is 19.1 Å². The van der Waals surface area contributed by atoms with E-state index in [0.717, 1.165) is 22.7 Å². The Balaban J connectivity index is 2.74. The summed E-state index contributed by atoms with van der Waals surface area (Å²) in [6, 6.07) is 0. The highest BCUT2D eigenvalue weighted by Gasteiger charge is 2.27. The number of carboxylic acid groups (broad SMARTS) is 1. The number of thioether (sulfide) groups is 1. The van der Waals surface area contributed by atoms with Gasteiger partial charge in [0.15, 0.2) is 0 Å². The van der Waals surface area contributed by atoms with E-state index >= 15 is 0 Å². The largest absolute Gasteiger partial charge is 0.548 e. The van der Waals surface area contributed by atoms with Crippen molar-refractivity contribution in [1.29, 1.82) is 0 Å². The van der Waals surface area contributed by atoms with Gasteiger partial charge in [0.05, 0.1) is 36.0 Å². The minimum Gasteiger partial charge on any atom is -0.548 e. The monoisotopic (exact) mass is 244 g/mol. The topological polar surface area (TPSA) is 86.7 Å². The van der Waals surface area contributed by atoms with Crippen LogP contribution < -0.4 is 5.11 Å². The van der Waals surface area contributed by atoms with Crippen LogP contribution >= 0.6 is 11.8 Å². The zero-order valence-corrected chi connectivity index (χ0v) is 9.41. The number of hydrogen-bond donors (Lipinski definition) is 0. The SMILES string of the molecule is CCOC(=O)/C=C1\SCC(=O)N1CC(=O)[O-].